The monoisotopic (exact) mass is 365 g/mol. The number of amides is 1. The van der Waals surface area contributed by atoms with E-state index in [-0.39, 0.29) is 12.5 Å². The Morgan fingerprint density at radius 2 is 1.92 bits per heavy atom. The van der Waals surface area contributed by atoms with Gasteiger partial charge in [-0.25, -0.2) is 0 Å². The maximum absolute atomic E-state index is 12.5. The number of hydrogen-bond donors (Lipinski definition) is 2. The minimum atomic E-state index is -1.11. The molecule has 0 bridgehead atoms. The van der Waals surface area contributed by atoms with Gasteiger partial charge in [0.2, 0.25) is 0 Å². The van der Waals surface area contributed by atoms with Crippen molar-refractivity contribution >= 4 is 17.2 Å². The van der Waals surface area contributed by atoms with Gasteiger partial charge in [-0.2, -0.15) is 11.3 Å². The fourth-order valence-electron chi connectivity index (χ4n) is 3.20. The summed E-state index contributed by atoms with van der Waals surface area (Å²) in [5, 5.41) is 18.0. The van der Waals surface area contributed by atoms with Gasteiger partial charge >= 0.3 is 0 Å². The molecule has 3 aromatic rings. The summed E-state index contributed by atoms with van der Waals surface area (Å²) < 4.78 is 5.59. The van der Waals surface area contributed by atoms with E-state index in [0.717, 1.165) is 16.7 Å². The number of thiophene rings is 1. The first-order valence-electron chi connectivity index (χ1n) is 8.51. The first-order chi connectivity index (χ1) is 12.7. The van der Waals surface area contributed by atoms with Crippen molar-refractivity contribution in [3.8, 4) is 16.9 Å². The highest BCUT2D eigenvalue weighted by Gasteiger charge is 2.35. The Morgan fingerprint density at radius 1 is 1.12 bits per heavy atom. The van der Waals surface area contributed by atoms with Crippen LogP contribution < -0.4 is 10.1 Å². The molecule has 2 N–H and O–H groups in total. The molecule has 1 aliphatic rings. The molecule has 4 nitrogen and oxygen atoms in total. The molecule has 5 heteroatoms. The summed E-state index contributed by atoms with van der Waals surface area (Å²) in [5.41, 5.74) is 2.42. The lowest BCUT2D eigenvalue weighted by Gasteiger charge is -2.34. The van der Waals surface area contributed by atoms with Crippen molar-refractivity contribution in [1.29, 1.82) is 0 Å². The van der Waals surface area contributed by atoms with Crippen molar-refractivity contribution in [3.63, 3.8) is 0 Å². The molecule has 0 radical (unpaired) electrons. The summed E-state index contributed by atoms with van der Waals surface area (Å²) in [6.45, 7) is 0.581. The smallest absolute Gasteiger partial charge is 0.251 e. The summed E-state index contributed by atoms with van der Waals surface area (Å²) in [6.07, 6.45) is 0.446. The Bertz CT molecular complexity index is 905. The first kappa shape index (κ1) is 16.8. The molecule has 0 fully saturated rings. The number of carbonyl (C=O) groups is 1. The Kier molecular flexibility index (Phi) is 4.49. The second-order valence-corrected chi connectivity index (χ2v) is 7.18. The van der Waals surface area contributed by atoms with E-state index in [1.807, 2.05) is 53.9 Å². The van der Waals surface area contributed by atoms with Gasteiger partial charge in [-0.05, 0) is 46.2 Å². The summed E-state index contributed by atoms with van der Waals surface area (Å²) in [6, 6.07) is 17.0. The Labute approximate surface area is 156 Å². The van der Waals surface area contributed by atoms with Gasteiger partial charge < -0.3 is 15.2 Å². The fraction of sp³-hybridized carbons (Fsp3) is 0.190. The van der Waals surface area contributed by atoms with E-state index in [1.165, 1.54) is 0 Å². The van der Waals surface area contributed by atoms with Gasteiger partial charge in [0.1, 0.15) is 11.4 Å². The highest BCUT2D eigenvalue weighted by atomic mass is 32.1. The van der Waals surface area contributed by atoms with Gasteiger partial charge in [-0.15, -0.1) is 0 Å². The van der Waals surface area contributed by atoms with Gasteiger partial charge in [-0.3, -0.25) is 4.79 Å². The minimum Gasteiger partial charge on any atom is -0.493 e. The average molecular weight is 365 g/mol. The van der Waals surface area contributed by atoms with Gasteiger partial charge in [0.05, 0.1) is 13.2 Å². The lowest BCUT2D eigenvalue weighted by atomic mass is 9.88. The molecule has 0 saturated carbocycles. The van der Waals surface area contributed by atoms with Crippen molar-refractivity contribution in [3.05, 3.63) is 76.5 Å². The van der Waals surface area contributed by atoms with Crippen molar-refractivity contribution < 1.29 is 14.6 Å². The number of para-hydroxylation sites is 1. The number of ether oxygens (including phenoxy) is 1. The summed E-state index contributed by atoms with van der Waals surface area (Å²) in [7, 11) is 0. The normalized spacial score (nSPS) is 18.7. The second-order valence-electron chi connectivity index (χ2n) is 6.40. The SMILES string of the molecule is O=C(NC[C@]1(O)CCOc2ccccc21)c1ccc(-c2ccsc2)cc1. The van der Waals surface area contributed by atoms with Crippen LogP contribution in [0.3, 0.4) is 0 Å². The zero-order valence-electron chi connectivity index (χ0n) is 14.1. The number of aliphatic hydroxyl groups is 1. The molecule has 0 spiro atoms. The van der Waals surface area contributed by atoms with Crippen LogP contribution in [0, 0.1) is 0 Å². The van der Waals surface area contributed by atoms with Crippen LogP contribution in [0.4, 0.5) is 0 Å². The van der Waals surface area contributed by atoms with E-state index < -0.39 is 5.60 Å². The van der Waals surface area contributed by atoms with Crippen LogP contribution in [0.2, 0.25) is 0 Å². The lowest BCUT2D eigenvalue weighted by molar-refractivity contribution is -0.00160. The van der Waals surface area contributed by atoms with Crippen LogP contribution in [0.5, 0.6) is 5.75 Å². The Morgan fingerprint density at radius 3 is 2.69 bits per heavy atom. The molecule has 2 heterocycles. The number of nitrogens with one attached hydrogen (secondary N) is 1. The third-order valence-electron chi connectivity index (χ3n) is 4.70. The van der Waals surface area contributed by atoms with Crippen LogP contribution in [-0.4, -0.2) is 24.2 Å². The van der Waals surface area contributed by atoms with E-state index in [9.17, 15) is 9.90 Å². The summed E-state index contributed by atoms with van der Waals surface area (Å²) in [4.78, 5) is 12.5. The standard InChI is InChI=1S/C21H19NO3S/c23-20(16-7-5-15(6-8-16)17-9-12-26-13-17)22-14-21(24)10-11-25-19-4-2-1-3-18(19)21/h1-9,12-13,24H,10-11,14H2,(H,22,23)/t21-/m1/s1. The topological polar surface area (TPSA) is 58.6 Å². The number of fused-ring (bicyclic) bond motifs is 1. The molecule has 0 aliphatic carbocycles. The van der Waals surface area contributed by atoms with Gasteiger partial charge in [0.25, 0.3) is 5.91 Å². The molecule has 4 rings (SSSR count). The van der Waals surface area contributed by atoms with Crippen LogP contribution in [0.1, 0.15) is 22.3 Å². The van der Waals surface area contributed by atoms with Crippen molar-refractivity contribution in [2.45, 2.75) is 12.0 Å². The third-order valence-corrected chi connectivity index (χ3v) is 5.39. The predicted molar refractivity (Wildman–Crippen MR) is 103 cm³/mol. The Balaban J connectivity index is 1.46. The van der Waals surface area contributed by atoms with Crippen molar-refractivity contribution in [2.24, 2.45) is 0 Å². The fourth-order valence-corrected chi connectivity index (χ4v) is 3.86. The average Bonchev–Trinajstić information content (AvgIpc) is 3.22. The third kappa shape index (κ3) is 3.23. The van der Waals surface area contributed by atoms with Crippen LogP contribution in [0.15, 0.2) is 65.4 Å². The molecule has 1 amide bonds. The van der Waals surface area contributed by atoms with E-state index >= 15 is 0 Å². The largest absolute Gasteiger partial charge is 0.493 e. The van der Waals surface area contributed by atoms with Gasteiger partial charge in [0, 0.05) is 17.5 Å². The molecule has 0 unspecified atom stereocenters. The van der Waals surface area contributed by atoms with Crippen molar-refractivity contribution in [2.75, 3.05) is 13.2 Å². The molecule has 2 aromatic carbocycles. The molecule has 26 heavy (non-hydrogen) atoms. The zero-order valence-corrected chi connectivity index (χ0v) is 15.0. The number of rotatable bonds is 4. The number of benzene rings is 2. The minimum absolute atomic E-state index is 0.151. The van der Waals surface area contributed by atoms with Crippen LogP contribution in [0.25, 0.3) is 11.1 Å². The van der Waals surface area contributed by atoms with Crippen molar-refractivity contribution in [1.82, 2.24) is 5.32 Å². The highest BCUT2D eigenvalue weighted by molar-refractivity contribution is 7.08. The molecule has 0 saturated heterocycles. The first-order valence-corrected chi connectivity index (χ1v) is 9.45. The molecule has 1 aromatic heterocycles. The molecule has 1 atom stereocenters. The highest BCUT2D eigenvalue weighted by Crippen LogP contribution is 2.36. The number of carbonyl (C=O) groups excluding carboxylic acids is 1. The maximum atomic E-state index is 12.5. The van der Waals surface area contributed by atoms with E-state index in [4.69, 9.17) is 4.74 Å². The maximum Gasteiger partial charge on any atom is 0.251 e. The number of hydrogen-bond acceptors (Lipinski definition) is 4. The second kappa shape index (κ2) is 6.94. The van der Waals surface area contributed by atoms with Gasteiger partial charge in [0.15, 0.2) is 0 Å². The van der Waals surface area contributed by atoms with Crippen LogP contribution in [-0.2, 0) is 5.60 Å². The van der Waals surface area contributed by atoms with E-state index in [2.05, 4.69) is 16.8 Å². The quantitative estimate of drug-likeness (QED) is 0.739. The summed E-state index contributed by atoms with van der Waals surface area (Å²) >= 11 is 1.65. The molecule has 132 valence electrons. The molecule has 1 aliphatic heterocycles. The Hall–Kier alpha value is -2.63. The lowest BCUT2D eigenvalue weighted by Crippen LogP contribution is -2.43. The molecular formula is C21H19NO3S. The predicted octanol–water partition coefficient (Wildman–Crippen LogP) is 3.82. The van der Waals surface area contributed by atoms with Crippen LogP contribution >= 0.6 is 11.3 Å². The van der Waals surface area contributed by atoms with Gasteiger partial charge in [-0.1, -0.05) is 30.3 Å². The van der Waals surface area contributed by atoms with E-state index in [1.54, 1.807) is 11.3 Å². The van der Waals surface area contributed by atoms with E-state index in [0.29, 0.717) is 24.3 Å². The summed E-state index contributed by atoms with van der Waals surface area (Å²) in [5.74, 6) is 0.481. The molecular weight excluding hydrogens is 346 g/mol. The zero-order chi connectivity index (χ0) is 18.0.